The number of nitrogens with zero attached hydrogens (tertiary/aromatic N) is 2. The molecule has 5 nitrogen and oxygen atoms in total. The number of likely N-dealkylation sites (N-methyl/N-ethyl adjacent to an activating group) is 1. The molecule has 18 heavy (non-hydrogen) atoms. The molecule has 1 aromatic carbocycles. The normalized spacial score (nSPS) is 10.7. The number of hydrogen-bond donors (Lipinski definition) is 0. The molecule has 0 heterocycles. The molecule has 0 fully saturated rings. The Kier molecular flexibility index (Phi) is 5.03. The van der Waals surface area contributed by atoms with Gasteiger partial charge in [0.25, 0.3) is 5.69 Å². The van der Waals surface area contributed by atoms with Gasteiger partial charge in [-0.3, -0.25) is 10.1 Å². The minimum absolute atomic E-state index is 0.125. The van der Waals surface area contributed by atoms with Crippen molar-refractivity contribution in [3.8, 4) is 0 Å². The molecule has 0 radical (unpaired) electrons. The fraction of sp³-hybridized carbons (Fsp3) is 0.500. The predicted octanol–water partition coefficient (Wildman–Crippen LogP) is 2.60. The van der Waals surface area contributed by atoms with E-state index in [9.17, 15) is 14.5 Å². The first kappa shape index (κ1) is 14.4. The van der Waals surface area contributed by atoms with Crippen LogP contribution < -0.4 is 4.90 Å². The van der Waals surface area contributed by atoms with Crippen LogP contribution in [0.1, 0.15) is 13.8 Å². The van der Waals surface area contributed by atoms with E-state index >= 15 is 0 Å². The Bertz CT molecular complexity index is 424. The van der Waals surface area contributed by atoms with Crippen LogP contribution in [-0.2, 0) is 4.74 Å². The van der Waals surface area contributed by atoms with Crippen molar-refractivity contribution in [2.75, 3.05) is 25.1 Å². The summed E-state index contributed by atoms with van der Waals surface area (Å²) in [4.78, 5) is 11.7. The third-order valence-corrected chi connectivity index (χ3v) is 2.40. The van der Waals surface area contributed by atoms with Crippen LogP contribution in [0.4, 0.5) is 15.8 Å². The fourth-order valence-corrected chi connectivity index (χ4v) is 1.44. The van der Waals surface area contributed by atoms with Gasteiger partial charge in [0.05, 0.1) is 23.7 Å². The van der Waals surface area contributed by atoms with Gasteiger partial charge >= 0.3 is 0 Å². The Hall–Kier alpha value is -1.69. The number of hydrogen-bond acceptors (Lipinski definition) is 4. The lowest BCUT2D eigenvalue weighted by molar-refractivity contribution is -0.385. The lowest BCUT2D eigenvalue weighted by Crippen LogP contribution is -2.24. The Morgan fingerprint density at radius 3 is 2.67 bits per heavy atom. The molecule has 0 aliphatic carbocycles. The van der Waals surface area contributed by atoms with E-state index in [-0.39, 0.29) is 11.8 Å². The molecule has 1 aromatic rings. The largest absolute Gasteiger partial charge is 0.377 e. The van der Waals surface area contributed by atoms with E-state index in [0.717, 1.165) is 6.07 Å². The molecule has 0 atom stereocenters. The molecule has 0 saturated heterocycles. The topological polar surface area (TPSA) is 55.6 Å². The van der Waals surface area contributed by atoms with Crippen LogP contribution in [0.3, 0.4) is 0 Å². The lowest BCUT2D eigenvalue weighted by Gasteiger charge is -2.19. The van der Waals surface area contributed by atoms with Gasteiger partial charge in [-0.05, 0) is 19.9 Å². The summed E-state index contributed by atoms with van der Waals surface area (Å²) >= 11 is 0. The Morgan fingerprint density at radius 1 is 1.44 bits per heavy atom. The highest BCUT2D eigenvalue weighted by molar-refractivity contribution is 5.53. The molecule has 100 valence electrons. The number of anilines is 1. The van der Waals surface area contributed by atoms with Gasteiger partial charge in [0.1, 0.15) is 5.82 Å². The highest BCUT2D eigenvalue weighted by atomic mass is 19.1. The summed E-state index contributed by atoms with van der Waals surface area (Å²) < 4.78 is 18.6. The molecule has 0 saturated carbocycles. The monoisotopic (exact) mass is 256 g/mol. The van der Waals surface area contributed by atoms with Gasteiger partial charge < -0.3 is 9.64 Å². The summed E-state index contributed by atoms with van der Waals surface area (Å²) in [7, 11) is 1.74. The maximum absolute atomic E-state index is 13.2. The number of non-ortho nitro benzene ring substituents is 1. The third-order valence-electron chi connectivity index (χ3n) is 2.40. The molecule has 0 spiro atoms. The standard InChI is InChI=1S/C12H17FN2O3/c1-9(2)18-5-4-14(3)11-6-10(13)7-12(8-11)15(16)17/h6-9H,4-5H2,1-3H3. The number of nitro benzene ring substituents is 1. The molecule has 0 aliphatic heterocycles. The summed E-state index contributed by atoms with van der Waals surface area (Å²) in [6.45, 7) is 4.87. The highest BCUT2D eigenvalue weighted by Crippen LogP contribution is 2.22. The van der Waals surface area contributed by atoms with Gasteiger partial charge in [-0.25, -0.2) is 4.39 Å². The van der Waals surface area contributed by atoms with E-state index in [1.165, 1.54) is 12.1 Å². The van der Waals surface area contributed by atoms with Crippen molar-refractivity contribution in [3.63, 3.8) is 0 Å². The zero-order valence-corrected chi connectivity index (χ0v) is 10.7. The molecule has 0 unspecified atom stereocenters. The van der Waals surface area contributed by atoms with Crippen LogP contribution in [0.2, 0.25) is 0 Å². The van der Waals surface area contributed by atoms with Crippen molar-refractivity contribution < 1.29 is 14.1 Å². The van der Waals surface area contributed by atoms with Crippen LogP contribution in [0.5, 0.6) is 0 Å². The van der Waals surface area contributed by atoms with Crippen molar-refractivity contribution in [2.24, 2.45) is 0 Å². The van der Waals surface area contributed by atoms with Gasteiger partial charge in [-0.1, -0.05) is 0 Å². The molecular weight excluding hydrogens is 239 g/mol. The maximum Gasteiger partial charge on any atom is 0.274 e. The van der Waals surface area contributed by atoms with Crippen molar-refractivity contribution >= 4 is 11.4 Å². The molecule has 6 heteroatoms. The quantitative estimate of drug-likeness (QED) is 0.580. The zero-order valence-electron chi connectivity index (χ0n) is 10.7. The second-order valence-corrected chi connectivity index (χ2v) is 4.27. The van der Waals surface area contributed by atoms with Crippen LogP contribution in [0.25, 0.3) is 0 Å². The second kappa shape index (κ2) is 6.30. The lowest BCUT2D eigenvalue weighted by atomic mass is 10.2. The molecule has 0 N–H and O–H groups in total. The van der Waals surface area contributed by atoms with Gasteiger partial charge in [0.15, 0.2) is 0 Å². The first-order valence-corrected chi connectivity index (χ1v) is 5.68. The smallest absolute Gasteiger partial charge is 0.274 e. The second-order valence-electron chi connectivity index (χ2n) is 4.27. The van der Waals surface area contributed by atoms with Crippen LogP contribution in [0, 0.1) is 15.9 Å². The first-order chi connectivity index (χ1) is 8.40. The molecule has 0 aliphatic rings. The highest BCUT2D eigenvalue weighted by Gasteiger charge is 2.12. The van der Waals surface area contributed by atoms with Gasteiger partial charge in [0, 0.05) is 25.3 Å². The number of halogens is 1. The number of rotatable bonds is 6. The first-order valence-electron chi connectivity index (χ1n) is 5.68. The van der Waals surface area contributed by atoms with Crippen molar-refractivity contribution in [1.82, 2.24) is 0 Å². The van der Waals surface area contributed by atoms with E-state index in [4.69, 9.17) is 4.74 Å². The maximum atomic E-state index is 13.2. The Labute approximate surface area is 105 Å². The molecule has 0 amide bonds. The summed E-state index contributed by atoms with van der Waals surface area (Å²) in [6.07, 6.45) is 0.125. The predicted molar refractivity (Wildman–Crippen MR) is 67.4 cm³/mol. The minimum atomic E-state index is -0.615. The molecular formula is C12H17FN2O3. The number of benzene rings is 1. The zero-order chi connectivity index (χ0) is 13.7. The van der Waals surface area contributed by atoms with E-state index in [0.29, 0.717) is 18.8 Å². The summed E-state index contributed by atoms with van der Waals surface area (Å²) in [6, 6.07) is 3.52. The minimum Gasteiger partial charge on any atom is -0.377 e. The van der Waals surface area contributed by atoms with E-state index in [1.807, 2.05) is 13.8 Å². The van der Waals surface area contributed by atoms with Crippen molar-refractivity contribution in [2.45, 2.75) is 20.0 Å². The van der Waals surface area contributed by atoms with Crippen LogP contribution in [-0.4, -0.2) is 31.2 Å². The summed E-state index contributed by atoms with van der Waals surface area (Å²) in [5.74, 6) is -0.615. The fourth-order valence-electron chi connectivity index (χ4n) is 1.44. The van der Waals surface area contributed by atoms with E-state index in [2.05, 4.69) is 0 Å². The third kappa shape index (κ3) is 4.29. The average Bonchev–Trinajstić information content (AvgIpc) is 2.27. The van der Waals surface area contributed by atoms with Crippen LogP contribution in [0.15, 0.2) is 18.2 Å². The van der Waals surface area contributed by atoms with Gasteiger partial charge in [0.2, 0.25) is 0 Å². The van der Waals surface area contributed by atoms with E-state index < -0.39 is 10.7 Å². The van der Waals surface area contributed by atoms with Gasteiger partial charge in [-0.15, -0.1) is 0 Å². The Balaban J connectivity index is 2.73. The van der Waals surface area contributed by atoms with E-state index in [1.54, 1.807) is 11.9 Å². The average molecular weight is 256 g/mol. The molecule has 0 aromatic heterocycles. The number of nitro groups is 1. The van der Waals surface area contributed by atoms with Crippen molar-refractivity contribution in [3.05, 3.63) is 34.1 Å². The number of ether oxygens (including phenoxy) is 1. The van der Waals surface area contributed by atoms with Gasteiger partial charge in [-0.2, -0.15) is 0 Å². The Morgan fingerprint density at radius 2 is 2.11 bits per heavy atom. The SMILES string of the molecule is CC(C)OCCN(C)c1cc(F)cc([N+](=O)[O-])c1. The summed E-state index contributed by atoms with van der Waals surface area (Å²) in [5.41, 5.74) is 0.218. The molecule has 0 bridgehead atoms. The van der Waals surface area contributed by atoms with Crippen molar-refractivity contribution in [1.29, 1.82) is 0 Å². The summed E-state index contributed by atoms with van der Waals surface area (Å²) in [5, 5.41) is 10.6. The van der Waals surface area contributed by atoms with Crippen LogP contribution >= 0.6 is 0 Å². The molecule has 1 rings (SSSR count).